The molecule has 0 spiro atoms. The lowest BCUT2D eigenvalue weighted by Gasteiger charge is -2.04. The van der Waals surface area contributed by atoms with Gasteiger partial charge in [-0.3, -0.25) is 4.79 Å². The van der Waals surface area contributed by atoms with E-state index >= 15 is 0 Å². The lowest BCUT2D eigenvalue weighted by Crippen LogP contribution is -2.16. The van der Waals surface area contributed by atoms with Crippen molar-refractivity contribution in [2.24, 2.45) is 5.73 Å². The van der Waals surface area contributed by atoms with Gasteiger partial charge < -0.3 is 10.5 Å². The Morgan fingerprint density at radius 1 is 1.67 bits per heavy atom. The van der Waals surface area contributed by atoms with Crippen LogP contribution >= 0.6 is 0 Å². The van der Waals surface area contributed by atoms with Crippen LogP contribution in [0.5, 0.6) is 0 Å². The van der Waals surface area contributed by atoms with Crippen molar-refractivity contribution in [3.63, 3.8) is 0 Å². The van der Waals surface area contributed by atoms with E-state index in [0.29, 0.717) is 19.1 Å². The lowest BCUT2D eigenvalue weighted by molar-refractivity contribution is 0.0994. The van der Waals surface area contributed by atoms with Crippen molar-refractivity contribution < 1.29 is 9.53 Å². The molecule has 0 aliphatic heterocycles. The summed E-state index contributed by atoms with van der Waals surface area (Å²) in [6.07, 6.45) is 2.82. The van der Waals surface area contributed by atoms with Crippen LogP contribution in [0, 0.1) is 0 Å². The van der Waals surface area contributed by atoms with E-state index in [1.54, 1.807) is 11.8 Å². The number of rotatable bonds is 5. The van der Waals surface area contributed by atoms with Gasteiger partial charge in [-0.15, -0.1) is 5.10 Å². The molecule has 6 heteroatoms. The van der Waals surface area contributed by atoms with Crippen molar-refractivity contribution in [3.05, 3.63) is 11.4 Å². The highest BCUT2D eigenvalue weighted by Crippen LogP contribution is 2.35. The first kappa shape index (κ1) is 10.1. The summed E-state index contributed by atoms with van der Waals surface area (Å²) in [6, 6.07) is 0.400. The Morgan fingerprint density at radius 3 is 2.93 bits per heavy atom. The Morgan fingerprint density at radius 2 is 2.40 bits per heavy atom. The standard InChI is InChI=1S/C9H14N4O2/c1-15-5-4-7-8(9(10)14)11-12-13(7)6-2-3-6/h6H,2-5H2,1H3,(H2,10,14). The minimum atomic E-state index is -0.520. The van der Waals surface area contributed by atoms with Crippen LogP contribution in [0.4, 0.5) is 0 Å². The summed E-state index contributed by atoms with van der Waals surface area (Å²) in [7, 11) is 1.62. The first-order chi connectivity index (χ1) is 7.24. The van der Waals surface area contributed by atoms with E-state index in [-0.39, 0.29) is 5.69 Å². The van der Waals surface area contributed by atoms with E-state index < -0.39 is 5.91 Å². The van der Waals surface area contributed by atoms with Crippen LogP contribution in [-0.2, 0) is 11.2 Å². The van der Waals surface area contributed by atoms with Crippen molar-refractivity contribution in [1.29, 1.82) is 0 Å². The second kappa shape index (κ2) is 3.98. The zero-order chi connectivity index (χ0) is 10.8. The molecule has 82 valence electrons. The summed E-state index contributed by atoms with van der Waals surface area (Å²) < 4.78 is 6.79. The second-order valence-corrected chi connectivity index (χ2v) is 3.67. The Hall–Kier alpha value is -1.43. The molecule has 0 aromatic carbocycles. The van der Waals surface area contributed by atoms with E-state index in [0.717, 1.165) is 18.5 Å². The number of hydrogen-bond acceptors (Lipinski definition) is 4. The Labute approximate surface area is 87.4 Å². The third kappa shape index (κ3) is 1.99. The third-order valence-corrected chi connectivity index (χ3v) is 2.46. The second-order valence-electron chi connectivity index (χ2n) is 3.67. The number of aromatic nitrogens is 3. The van der Waals surface area contributed by atoms with Crippen LogP contribution in [-0.4, -0.2) is 34.6 Å². The smallest absolute Gasteiger partial charge is 0.271 e. The SMILES string of the molecule is COCCc1c(C(N)=O)nnn1C1CC1. The van der Waals surface area contributed by atoms with Gasteiger partial charge in [-0.2, -0.15) is 0 Å². The van der Waals surface area contributed by atoms with Gasteiger partial charge in [0.25, 0.3) is 5.91 Å². The predicted octanol–water partition coefficient (Wildman–Crippen LogP) is -0.0992. The molecule has 0 saturated heterocycles. The molecule has 0 atom stereocenters. The summed E-state index contributed by atoms with van der Waals surface area (Å²) in [4.78, 5) is 11.1. The fraction of sp³-hybridized carbons (Fsp3) is 0.667. The van der Waals surface area contributed by atoms with Gasteiger partial charge in [-0.1, -0.05) is 5.21 Å². The van der Waals surface area contributed by atoms with Crippen LogP contribution in [0.15, 0.2) is 0 Å². The summed E-state index contributed by atoms with van der Waals surface area (Å²) in [5.74, 6) is -0.520. The summed E-state index contributed by atoms with van der Waals surface area (Å²) in [6.45, 7) is 0.542. The molecule has 1 fully saturated rings. The Balaban J connectivity index is 2.26. The zero-order valence-electron chi connectivity index (χ0n) is 8.64. The average molecular weight is 210 g/mol. The molecule has 15 heavy (non-hydrogen) atoms. The molecule has 1 aliphatic carbocycles. The molecule has 1 aromatic heterocycles. The lowest BCUT2D eigenvalue weighted by atomic mass is 10.2. The molecule has 2 N–H and O–H groups in total. The number of methoxy groups -OCH3 is 1. The summed E-state index contributed by atoms with van der Waals surface area (Å²) in [5.41, 5.74) is 6.30. The Kier molecular flexibility index (Phi) is 2.68. The number of carbonyl (C=O) groups is 1. The molecule has 0 radical (unpaired) electrons. The molecule has 0 unspecified atom stereocenters. The van der Waals surface area contributed by atoms with Crippen molar-refractivity contribution in [1.82, 2.24) is 15.0 Å². The minimum absolute atomic E-state index is 0.277. The van der Waals surface area contributed by atoms with Crippen LogP contribution in [0.3, 0.4) is 0 Å². The fourth-order valence-corrected chi connectivity index (χ4v) is 1.55. The number of amides is 1. The van der Waals surface area contributed by atoms with Gasteiger partial charge >= 0.3 is 0 Å². The topological polar surface area (TPSA) is 83.0 Å². The Bertz CT molecular complexity index is 370. The number of ether oxygens (including phenoxy) is 1. The number of hydrogen-bond donors (Lipinski definition) is 1. The summed E-state index contributed by atoms with van der Waals surface area (Å²) in [5, 5.41) is 7.78. The van der Waals surface area contributed by atoms with Gasteiger partial charge in [0.1, 0.15) is 0 Å². The normalized spacial score (nSPS) is 15.5. The van der Waals surface area contributed by atoms with Gasteiger partial charge in [0, 0.05) is 13.5 Å². The maximum atomic E-state index is 11.1. The maximum Gasteiger partial charge on any atom is 0.271 e. The molecule has 1 aromatic rings. The molecular formula is C9H14N4O2. The van der Waals surface area contributed by atoms with Gasteiger partial charge in [0.05, 0.1) is 18.3 Å². The van der Waals surface area contributed by atoms with E-state index in [4.69, 9.17) is 10.5 Å². The quantitative estimate of drug-likeness (QED) is 0.735. The molecular weight excluding hydrogens is 196 g/mol. The largest absolute Gasteiger partial charge is 0.384 e. The van der Waals surface area contributed by atoms with Gasteiger partial charge in [-0.05, 0) is 12.8 Å². The highest BCUT2D eigenvalue weighted by molar-refractivity contribution is 5.91. The molecule has 2 rings (SSSR count). The zero-order valence-corrected chi connectivity index (χ0v) is 8.64. The molecule has 1 aliphatic rings. The van der Waals surface area contributed by atoms with Gasteiger partial charge in [-0.25, -0.2) is 4.68 Å². The first-order valence-electron chi connectivity index (χ1n) is 4.97. The number of nitrogens with zero attached hydrogens (tertiary/aromatic N) is 3. The number of nitrogens with two attached hydrogens (primary N) is 1. The summed E-state index contributed by atoms with van der Waals surface area (Å²) >= 11 is 0. The monoisotopic (exact) mass is 210 g/mol. The van der Waals surface area contributed by atoms with Crippen LogP contribution in [0.1, 0.15) is 35.1 Å². The number of primary amides is 1. The maximum absolute atomic E-state index is 11.1. The van der Waals surface area contributed by atoms with E-state index in [9.17, 15) is 4.79 Å². The average Bonchev–Trinajstić information content (AvgIpc) is 2.95. The first-order valence-corrected chi connectivity index (χ1v) is 4.97. The highest BCUT2D eigenvalue weighted by Gasteiger charge is 2.29. The molecule has 1 amide bonds. The third-order valence-electron chi connectivity index (χ3n) is 2.46. The van der Waals surface area contributed by atoms with E-state index in [1.165, 1.54) is 0 Å². The van der Waals surface area contributed by atoms with E-state index in [1.807, 2.05) is 0 Å². The molecule has 1 heterocycles. The van der Waals surface area contributed by atoms with Crippen LogP contribution < -0.4 is 5.73 Å². The van der Waals surface area contributed by atoms with Crippen molar-refractivity contribution >= 4 is 5.91 Å². The molecule has 6 nitrogen and oxygen atoms in total. The fourth-order valence-electron chi connectivity index (χ4n) is 1.55. The van der Waals surface area contributed by atoms with Crippen molar-refractivity contribution in [3.8, 4) is 0 Å². The molecule has 1 saturated carbocycles. The highest BCUT2D eigenvalue weighted by atomic mass is 16.5. The van der Waals surface area contributed by atoms with E-state index in [2.05, 4.69) is 10.3 Å². The molecule has 0 bridgehead atoms. The number of carbonyl (C=O) groups excluding carboxylic acids is 1. The van der Waals surface area contributed by atoms with Crippen LogP contribution in [0.25, 0.3) is 0 Å². The van der Waals surface area contributed by atoms with Crippen molar-refractivity contribution in [2.75, 3.05) is 13.7 Å². The minimum Gasteiger partial charge on any atom is -0.384 e. The predicted molar refractivity (Wildman–Crippen MR) is 52.4 cm³/mol. The van der Waals surface area contributed by atoms with Crippen LogP contribution in [0.2, 0.25) is 0 Å². The van der Waals surface area contributed by atoms with Crippen molar-refractivity contribution in [2.45, 2.75) is 25.3 Å². The van der Waals surface area contributed by atoms with Gasteiger partial charge in [0.15, 0.2) is 5.69 Å². The van der Waals surface area contributed by atoms with Gasteiger partial charge in [0.2, 0.25) is 0 Å².